The van der Waals surface area contributed by atoms with Gasteiger partial charge in [0.2, 0.25) is 5.91 Å². The summed E-state index contributed by atoms with van der Waals surface area (Å²) < 4.78 is 19.8. The number of nitrogens with zero attached hydrogens (tertiary/aromatic N) is 3. The van der Waals surface area contributed by atoms with Crippen LogP contribution < -0.4 is 5.32 Å². The molecule has 0 aliphatic carbocycles. The predicted molar refractivity (Wildman–Crippen MR) is 110 cm³/mol. The summed E-state index contributed by atoms with van der Waals surface area (Å²) >= 11 is 1.20. The molecule has 9 heteroatoms. The molecule has 0 bridgehead atoms. The van der Waals surface area contributed by atoms with E-state index in [-0.39, 0.29) is 23.4 Å². The van der Waals surface area contributed by atoms with Crippen molar-refractivity contribution in [3.63, 3.8) is 0 Å². The summed E-state index contributed by atoms with van der Waals surface area (Å²) in [7, 11) is 1.30. The molecule has 1 aromatic carbocycles. The highest BCUT2D eigenvalue weighted by atomic mass is 32.2. The highest BCUT2D eigenvalue weighted by molar-refractivity contribution is 7.99. The van der Waals surface area contributed by atoms with Gasteiger partial charge in [-0.2, -0.15) is 0 Å². The van der Waals surface area contributed by atoms with Crippen LogP contribution in [0.2, 0.25) is 0 Å². The van der Waals surface area contributed by atoms with Crippen molar-refractivity contribution >= 4 is 23.6 Å². The minimum Gasteiger partial charge on any atom is -0.467 e. The maximum absolute atomic E-state index is 13.2. The Morgan fingerprint density at radius 2 is 2.03 bits per heavy atom. The summed E-state index contributed by atoms with van der Waals surface area (Å²) in [4.78, 5) is 24.3. The molecule has 7 nitrogen and oxygen atoms in total. The monoisotopic (exact) mass is 420 g/mol. The number of hydrogen-bond acceptors (Lipinski definition) is 6. The van der Waals surface area contributed by atoms with Crippen LogP contribution in [0.3, 0.4) is 0 Å². The van der Waals surface area contributed by atoms with Crippen LogP contribution in [0.25, 0.3) is 11.4 Å². The van der Waals surface area contributed by atoms with E-state index in [1.807, 2.05) is 13.8 Å². The van der Waals surface area contributed by atoms with Gasteiger partial charge in [0.05, 0.1) is 12.9 Å². The zero-order valence-corrected chi connectivity index (χ0v) is 17.5. The number of nitrogens with one attached hydrogen (secondary N) is 1. The number of benzene rings is 1. The first kappa shape index (κ1) is 22.6. The average molecular weight is 421 g/mol. The molecule has 0 fully saturated rings. The number of methoxy groups -OCH3 is 1. The Hall–Kier alpha value is -2.68. The molecule has 1 aromatic heterocycles. The molecule has 2 atom stereocenters. The first-order valence-corrected chi connectivity index (χ1v) is 10.2. The SMILES string of the molecule is C=CCn1c(SCC(=O)N[C@H](C(=O)OC)[C@@H](C)CC)nnc1-c1ccc(F)cc1. The van der Waals surface area contributed by atoms with Crippen molar-refractivity contribution in [1.82, 2.24) is 20.1 Å². The standard InChI is InChI=1S/C20H25FN4O3S/c1-5-11-25-18(14-7-9-15(21)10-8-14)23-24-20(25)29-12-16(26)22-17(13(3)6-2)19(27)28-4/h5,7-10,13,17H,1,6,11-12H2,2-4H3,(H,22,26)/t13-,17-/m0/s1. The van der Waals surface area contributed by atoms with Crippen molar-refractivity contribution in [2.24, 2.45) is 5.92 Å². The smallest absolute Gasteiger partial charge is 0.328 e. The van der Waals surface area contributed by atoms with Gasteiger partial charge in [-0.15, -0.1) is 16.8 Å². The van der Waals surface area contributed by atoms with E-state index in [9.17, 15) is 14.0 Å². The third kappa shape index (κ3) is 5.90. The molecule has 0 saturated heterocycles. The number of ether oxygens (including phenoxy) is 1. The number of rotatable bonds is 10. The number of esters is 1. The lowest BCUT2D eigenvalue weighted by molar-refractivity contribution is -0.146. The molecule has 0 radical (unpaired) electrons. The highest BCUT2D eigenvalue weighted by Gasteiger charge is 2.27. The number of hydrogen-bond donors (Lipinski definition) is 1. The van der Waals surface area contributed by atoms with Crippen molar-refractivity contribution in [1.29, 1.82) is 0 Å². The second-order valence-electron chi connectivity index (χ2n) is 6.45. The summed E-state index contributed by atoms with van der Waals surface area (Å²) in [6.45, 7) is 7.99. The molecule has 156 valence electrons. The lowest BCUT2D eigenvalue weighted by Crippen LogP contribution is -2.46. The fourth-order valence-electron chi connectivity index (χ4n) is 2.64. The van der Waals surface area contributed by atoms with Crippen LogP contribution in [-0.2, 0) is 20.9 Å². The van der Waals surface area contributed by atoms with Gasteiger partial charge in [0.25, 0.3) is 0 Å². The molecule has 0 saturated carbocycles. The Morgan fingerprint density at radius 1 is 1.34 bits per heavy atom. The van der Waals surface area contributed by atoms with Gasteiger partial charge in [-0.25, -0.2) is 9.18 Å². The van der Waals surface area contributed by atoms with Crippen LogP contribution in [0.15, 0.2) is 42.1 Å². The lowest BCUT2D eigenvalue weighted by Gasteiger charge is -2.21. The number of allylic oxidation sites excluding steroid dienone is 1. The van der Waals surface area contributed by atoms with Gasteiger partial charge in [0.1, 0.15) is 11.9 Å². The van der Waals surface area contributed by atoms with Gasteiger partial charge in [0, 0.05) is 12.1 Å². The number of carbonyl (C=O) groups is 2. The molecule has 0 unspecified atom stereocenters. The van der Waals surface area contributed by atoms with Gasteiger partial charge in [-0.1, -0.05) is 38.1 Å². The van der Waals surface area contributed by atoms with Crippen molar-refractivity contribution < 1.29 is 18.7 Å². The third-order valence-corrected chi connectivity index (χ3v) is 5.41. The van der Waals surface area contributed by atoms with Crippen LogP contribution in [0.4, 0.5) is 4.39 Å². The minimum atomic E-state index is -0.695. The Labute approximate surface area is 173 Å². The Bertz CT molecular complexity index is 854. The van der Waals surface area contributed by atoms with Gasteiger partial charge < -0.3 is 10.1 Å². The summed E-state index contributed by atoms with van der Waals surface area (Å²) in [6, 6.07) is 5.24. The summed E-state index contributed by atoms with van der Waals surface area (Å²) in [6.07, 6.45) is 2.42. The third-order valence-electron chi connectivity index (χ3n) is 4.45. The van der Waals surface area contributed by atoms with Crippen molar-refractivity contribution in [2.45, 2.75) is 38.0 Å². The molecular formula is C20H25FN4O3S. The van der Waals surface area contributed by atoms with Crippen LogP contribution in [-0.4, -0.2) is 45.5 Å². The van der Waals surface area contributed by atoms with Gasteiger partial charge in [-0.05, 0) is 30.2 Å². The number of thioether (sulfide) groups is 1. The van der Waals surface area contributed by atoms with Gasteiger partial charge in [-0.3, -0.25) is 9.36 Å². The van der Waals surface area contributed by atoms with E-state index in [0.29, 0.717) is 23.1 Å². The van der Waals surface area contributed by atoms with Crippen LogP contribution in [0.1, 0.15) is 20.3 Å². The highest BCUT2D eigenvalue weighted by Crippen LogP contribution is 2.24. The zero-order valence-electron chi connectivity index (χ0n) is 16.7. The van der Waals surface area contributed by atoms with E-state index >= 15 is 0 Å². The first-order valence-electron chi connectivity index (χ1n) is 9.21. The zero-order chi connectivity index (χ0) is 21.4. The number of halogens is 1. The molecule has 1 amide bonds. The van der Waals surface area contributed by atoms with Gasteiger partial charge >= 0.3 is 5.97 Å². The molecule has 1 heterocycles. The van der Waals surface area contributed by atoms with E-state index in [4.69, 9.17) is 4.74 Å². The quantitative estimate of drug-likeness (QED) is 0.361. The second kappa shape index (κ2) is 10.8. The van der Waals surface area contributed by atoms with E-state index in [1.54, 1.807) is 22.8 Å². The van der Waals surface area contributed by atoms with Crippen LogP contribution in [0, 0.1) is 11.7 Å². The van der Waals surface area contributed by atoms with E-state index in [2.05, 4.69) is 22.1 Å². The number of carbonyl (C=O) groups excluding carboxylic acids is 2. The maximum atomic E-state index is 13.2. The van der Waals surface area contributed by atoms with Crippen molar-refractivity contribution in [3.8, 4) is 11.4 Å². The Morgan fingerprint density at radius 3 is 2.62 bits per heavy atom. The molecule has 29 heavy (non-hydrogen) atoms. The second-order valence-corrected chi connectivity index (χ2v) is 7.40. The largest absolute Gasteiger partial charge is 0.467 e. The molecule has 0 spiro atoms. The molecular weight excluding hydrogens is 395 g/mol. The van der Waals surface area contributed by atoms with Crippen molar-refractivity contribution in [2.75, 3.05) is 12.9 Å². The molecule has 0 aliphatic heterocycles. The maximum Gasteiger partial charge on any atom is 0.328 e. The predicted octanol–water partition coefficient (Wildman–Crippen LogP) is 3.07. The topological polar surface area (TPSA) is 86.1 Å². The van der Waals surface area contributed by atoms with E-state index in [1.165, 1.54) is 31.0 Å². The molecule has 2 rings (SSSR count). The minimum absolute atomic E-state index is 0.0501. The Balaban J connectivity index is 2.11. The van der Waals surface area contributed by atoms with Crippen LogP contribution in [0.5, 0.6) is 0 Å². The summed E-state index contributed by atoms with van der Waals surface area (Å²) in [5.41, 5.74) is 0.708. The number of amides is 1. The van der Waals surface area contributed by atoms with Crippen LogP contribution >= 0.6 is 11.8 Å². The van der Waals surface area contributed by atoms with E-state index < -0.39 is 12.0 Å². The molecule has 0 aliphatic rings. The molecule has 2 aromatic rings. The fraction of sp³-hybridized carbons (Fsp3) is 0.400. The normalized spacial score (nSPS) is 12.8. The summed E-state index contributed by atoms with van der Waals surface area (Å²) in [5.74, 6) is -0.543. The van der Waals surface area contributed by atoms with Crippen molar-refractivity contribution in [3.05, 3.63) is 42.7 Å². The van der Waals surface area contributed by atoms with E-state index in [0.717, 1.165) is 6.42 Å². The van der Waals surface area contributed by atoms with Gasteiger partial charge in [0.15, 0.2) is 11.0 Å². The number of aromatic nitrogens is 3. The fourth-order valence-corrected chi connectivity index (χ4v) is 3.40. The average Bonchev–Trinajstić information content (AvgIpc) is 3.12. The first-order chi connectivity index (χ1) is 13.9. The Kier molecular flexibility index (Phi) is 8.38. The molecule has 1 N–H and O–H groups in total. The lowest BCUT2D eigenvalue weighted by atomic mass is 9.99. The summed E-state index contributed by atoms with van der Waals surface area (Å²) in [5, 5.41) is 11.6.